The van der Waals surface area contributed by atoms with Crippen LogP contribution in [-0.4, -0.2) is 60.5 Å². The van der Waals surface area contributed by atoms with Gasteiger partial charge in [-0.1, -0.05) is 11.6 Å². The van der Waals surface area contributed by atoms with Crippen molar-refractivity contribution in [3.8, 4) is 0 Å². The second-order valence-electron chi connectivity index (χ2n) is 6.45. The molecule has 2 N–H and O–H groups in total. The Balaban J connectivity index is 1.50. The average molecular weight is 382 g/mol. The molecule has 1 aliphatic heterocycles. The van der Waals surface area contributed by atoms with Crippen LogP contribution in [0.1, 0.15) is 12.8 Å². The van der Waals surface area contributed by atoms with Gasteiger partial charge in [-0.25, -0.2) is 4.79 Å². The van der Waals surface area contributed by atoms with Crippen LogP contribution in [0.15, 0.2) is 18.2 Å². The highest BCUT2D eigenvalue weighted by atomic mass is 35.5. The lowest BCUT2D eigenvalue weighted by Crippen LogP contribution is -2.51. The molecule has 0 radical (unpaired) electrons. The zero-order valence-electron chi connectivity index (χ0n) is 14.1. The van der Waals surface area contributed by atoms with E-state index in [-0.39, 0.29) is 24.2 Å². The minimum atomic E-state index is -0.451. The summed E-state index contributed by atoms with van der Waals surface area (Å²) in [5.74, 6) is -0.353. The van der Waals surface area contributed by atoms with Crippen LogP contribution >= 0.6 is 11.6 Å². The molecule has 1 aliphatic carbocycles. The first kappa shape index (κ1) is 18.4. The molecular formula is C16H20ClN5O4. The molecule has 10 heteroatoms. The molecule has 1 aromatic rings. The molecule has 140 valence electrons. The highest BCUT2D eigenvalue weighted by molar-refractivity contribution is 6.30. The number of benzene rings is 1. The number of hydrogen-bond donors (Lipinski definition) is 2. The number of halogens is 1. The van der Waals surface area contributed by atoms with E-state index in [0.717, 1.165) is 12.8 Å². The van der Waals surface area contributed by atoms with Gasteiger partial charge in [-0.3, -0.25) is 25.1 Å². The number of urea groups is 1. The molecule has 0 bridgehead atoms. The van der Waals surface area contributed by atoms with E-state index >= 15 is 0 Å². The number of nitrogens with zero attached hydrogens (tertiary/aromatic N) is 3. The van der Waals surface area contributed by atoms with Crippen LogP contribution in [0.2, 0.25) is 5.02 Å². The second-order valence-corrected chi connectivity index (χ2v) is 6.89. The lowest BCUT2D eigenvalue weighted by Gasteiger charge is -2.35. The monoisotopic (exact) mass is 381 g/mol. The average Bonchev–Trinajstić information content (AvgIpc) is 3.39. The van der Waals surface area contributed by atoms with Crippen LogP contribution in [0.25, 0.3) is 0 Å². The van der Waals surface area contributed by atoms with E-state index in [4.69, 9.17) is 11.6 Å². The summed E-state index contributed by atoms with van der Waals surface area (Å²) in [6.45, 7) is 2.34. The Morgan fingerprint density at radius 2 is 1.92 bits per heavy atom. The zero-order chi connectivity index (χ0) is 18.7. The minimum Gasteiger partial charge on any atom is -0.363 e. The van der Waals surface area contributed by atoms with Crippen molar-refractivity contribution in [1.82, 2.24) is 15.5 Å². The SMILES string of the molecule is O=C(CN1CCN(c2ccc(Cl)cc2[N+](=O)[O-])CC1)NC(=O)NC1CC1. The van der Waals surface area contributed by atoms with Crippen LogP contribution in [0.3, 0.4) is 0 Å². The van der Waals surface area contributed by atoms with Crippen LogP contribution in [0.4, 0.5) is 16.2 Å². The van der Waals surface area contributed by atoms with Gasteiger partial charge in [-0.05, 0) is 25.0 Å². The van der Waals surface area contributed by atoms with Crippen molar-refractivity contribution < 1.29 is 14.5 Å². The van der Waals surface area contributed by atoms with E-state index in [0.29, 0.717) is 36.9 Å². The van der Waals surface area contributed by atoms with Gasteiger partial charge < -0.3 is 10.2 Å². The number of nitro benzene ring substituents is 1. The zero-order valence-corrected chi connectivity index (χ0v) is 14.9. The standard InChI is InChI=1S/C16H20ClN5O4/c17-11-1-4-13(14(9-11)22(25)26)21-7-5-20(6-8-21)10-15(23)19-16(24)18-12-2-3-12/h1,4,9,12H,2-3,5-8,10H2,(H2,18,19,23,24). The molecule has 0 atom stereocenters. The molecule has 3 amide bonds. The Bertz CT molecular complexity index is 717. The van der Waals surface area contributed by atoms with E-state index in [2.05, 4.69) is 10.6 Å². The van der Waals surface area contributed by atoms with Gasteiger partial charge in [0.1, 0.15) is 5.69 Å². The first-order chi connectivity index (χ1) is 12.4. The number of nitrogens with one attached hydrogen (secondary N) is 2. The summed E-state index contributed by atoms with van der Waals surface area (Å²) in [5, 5.41) is 16.6. The Morgan fingerprint density at radius 1 is 1.23 bits per heavy atom. The van der Waals surface area contributed by atoms with Crippen molar-refractivity contribution >= 4 is 34.9 Å². The summed E-state index contributed by atoms with van der Waals surface area (Å²) in [7, 11) is 0. The molecule has 1 aromatic carbocycles. The molecule has 0 unspecified atom stereocenters. The number of rotatable bonds is 5. The maximum absolute atomic E-state index is 11.9. The third-order valence-electron chi connectivity index (χ3n) is 4.38. The number of hydrogen-bond acceptors (Lipinski definition) is 6. The number of carbonyl (C=O) groups excluding carboxylic acids is 2. The maximum Gasteiger partial charge on any atom is 0.321 e. The molecule has 2 fully saturated rings. The summed E-state index contributed by atoms with van der Waals surface area (Å²) in [6.07, 6.45) is 1.92. The van der Waals surface area contributed by atoms with Gasteiger partial charge in [0.15, 0.2) is 0 Å². The van der Waals surface area contributed by atoms with Crippen molar-refractivity contribution in [1.29, 1.82) is 0 Å². The van der Waals surface area contributed by atoms with Gasteiger partial charge in [0.05, 0.1) is 11.5 Å². The van der Waals surface area contributed by atoms with Crippen LogP contribution in [0.5, 0.6) is 0 Å². The van der Waals surface area contributed by atoms with E-state index in [1.807, 2.05) is 9.80 Å². The topological polar surface area (TPSA) is 108 Å². The third-order valence-corrected chi connectivity index (χ3v) is 4.61. The Hall–Kier alpha value is -2.39. The largest absolute Gasteiger partial charge is 0.363 e. The molecular weight excluding hydrogens is 362 g/mol. The van der Waals surface area contributed by atoms with E-state index in [1.165, 1.54) is 6.07 Å². The summed E-state index contributed by atoms with van der Waals surface area (Å²) in [5.41, 5.74) is 0.493. The summed E-state index contributed by atoms with van der Waals surface area (Å²) in [6, 6.07) is 4.36. The highest BCUT2D eigenvalue weighted by Crippen LogP contribution is 2.31. The Morgan fingerprint density at radius 3 is 2.54 bits per heavy atom. The van der Waals surface area contributed by atoms with E-state index < -0.39 is 11.0 Å². The quantitative estimate of drug-likeness (QED) is 0.589. The van der Waals surface area contributed by atoms with E-state index in [9.17, 15) is 19.7 Å². The Labute approximate surface area is 155 Å². The Kier molecular flexibility index (Phi) is 5.58. The summed E-state index contributed by atoms with van der Waals surface area (Å²) < 4.78 is 0. The smallest absolute Gasteiger partial charge is 0.321 e. The lowest BCUT2D eigenvalue weighted by atomic mass is 10.2. The van der Waals surface area contributed by atoms with Crippen LogP contribution in [-0.2, 0) is 4.79 Å². The van der Waals surface area contributed by atoms with Gasteiger partial charge in [0, 0.05) is 43.3 Å². The molecule has 1 saturated carbocycles. The van der Waals surface area contributed by atoms with Gasteiger partial charge in [0.25, 0.3) is 5.69 Å². The third kappa shape index (κ3) is 4.83. The predicted molar refractivity (Wildman–Crippen MR) is 96.5 cm³/mol. The molecule has 0 aromatic heterocycles. The number of amides is 3. The summed E-state index contributed by atoms with van der Waals surface area (Å²) in [4.78, 5) is 38.1. The van der Waals surface area contributed by atoms with Crippen molar-refractivity contribution in [2.24, 2.45) is 0 Å². The number of imide groups is 1. The predicted octanol–water partition coefficient (Wildman–Crippen LogP) is 1.36. The van der Waals surface area contributed by atoms with Gasteiger partial charge in [0.2, 0.25) is 5.91 Å². The van der Waals surface area contributed by atoms with Crippen molar-refractivity contribution in [2.75, 3.05) is 37.6 Å². The van der Waals surface area contributed by atoms with Crippen LogP contribution in [0, 0.1) is 10.1 Å². The van der Waals surface area contributed by atoms with Crippen molar-refractivity contribution in [2.45, 2.75) is 18.9 Å². The van der Waals surface area contributed by atoms with E-state index in [1.54, 1.807) is 12.1 Å². The van der Waals surface area contributed by atoms with Crippen molar-refractivity contribution in [3.05, 3.63) is 33.3 Å². The van der Waals surface area contributed by atoms with Gasteiger partial charge in [-0.15, -0.1) is 0 Å². The molecule has 9 nitrogen and oxygen atoms in total. The van der Waals surface area contributed by atoms with Gasteiger partial charge in [-0.2, -0.15) is 0 Å². The molecule has 2 aliphatic rings. The summed E-state index contributed by atoms with van der Waals surface area (Å²) >= 11 is 5.85. The fourth-order valence-corrected chi connectivity index (χ4v) is 3.04. The number of piperazine rings is 1. The fourth-order valence-electron chi connectivity index (χ4n) is 2.88. The van der Waals surface area contributed by atoms with Crippen LogP contribution < -0.4 is 15.5 Å². The molecule has 26 heavy (non-hydrogen) atoms. The molecule has 0 spiro atoms. The highest BCUT2D eigenvalue weighted by Gasteiger charge is 2.26. The molecule has 1 saturated heterocycles. The normalized spacial score (nSPS) is 17.7. The fraction of sp³-hybridized carbons (Fsp3) is 0.500. The minimum absolute atomic E-state index is 0.0274. The number of anilines is 1. The first-order valence-electron chi connectivity index (χ1n) is 8.44. The second kappa shape index (κ2) is 7.88. The van der Waals surface area contributed by atoms with Gasteiger partial charge >= 0.3 is 6.03 Å². The first-order valence-corrected chi connectivity index (χ1v) is 8.82. The molecule has 3 rings (SSSR count). The van der Waals surface area contributed by atoms with Crippen molar-refractivity contribution in [3.63, 3.8) is 0 Å². The number of nitro groups is 1. The number of carbonyl (C=O) groups is 2. The molecule has 1 heterocycles. The maximum atomic E-state index is 11.9. The lowest BCUT2D eigenvalue weighted by molar-refractivity contribution is -0.384.